The highest BCUT2D eigenvalue weighted by Crippen LogP contribution is 2.22. The van der Waals surface area contributed by atoms with Crippen LogP contribution in [-0.4, -0.2) is 43.7 Å². The number of nitrogens with zero attached hydrogens (tertiary/aromatic N) is 2. The number of aliphatic imine (C=N–C) groups is 1. The van der Waals surface area contributed by atoms with Crippen LogP contribution in [0.15, 0.2) is 63.0 Å². The highest BCUT2D eigenvalue weighted by Gasteiger charge is 2.30. The van der Waals surface area contributed by atoms with Crippen molar-refractivity contribution >= 4 is 27.6 Å². The summed E-state index contributed by atoms with van der Waals surface area (Å²) in [6.45, 7) is 3.88. The number of carbonyl (C=O) groups is 2. The lowest BCUT2D eigenvalue weighted by molar-refractivity contribution is -0.142. The molecule has 1 aromatic carbocycles. The van der Waals surface area contributed by atoms with Gasteiger partial charge in [-0.1, -0.05) is 12.1 Å². The molecule has 0 radical (unpaired) electrons. The molecular weight excluding hydrogens is 446 g/mol. The minimum atomic E-state index is -3.63. The van der Waals surface area contributed by atoms with Crippen molar-refractivity contribution in [3.8, 4) is 0 Å². The smallest absolute Gasteiger partial charge is 0.308 e. The van der Waals surface area contributed by atoms with Crippen LogP contribution in [0.5, 0.6) is 0 Å². The number of fused-ring (bicyclic) bond motifs is 1. The maximum atomic E-state index is 12.6. The Hall–Kier alpha value is -3.66. The van der Waals surface area contributed by atoms with Gasteiger partial charge in [0.1, 0.15) is 11.6 Å². The third-order valence-corrected chi connectivity index (χ3v) is 6.78. The van der Waals surface area contributed by atoms with Crippen molar-refractivity contribution in [2.45, 2.75) is 31.7 Å². The van der Waals surface area contributed by atoms with Crippen molar-refractivity contribution in [1.29, 1.82) is 0 Å². The van der Waals surface area contributed by atoms with Gasteiger partial charge >= 0.3 is 5.97 Å². The standard InChI is InChI=1S/C23H23N3O6S/c1-15-12-19(16(2)26(15)13-17-6-5-11-31-17)20(27)14-32-22(28)9-10-24-23-18-7-3-4-8-21(18)33(29,30)25-23/h3-8,11-12H,9-10,13-14H2,1-2H3,(H,24,25). The lowest BCUT2D eigenvalue weighted by atomic mass is 10.1. The van der Waals surface area contributed by atoms with Gasteiger partial charge in [0.05, 0.1) is 30.7 Å². The fraction of sp³-hybridized carbons (Fsp3) is 0.261. The molecule has 1 aliphatic rings. The first kappa shape index (κ1) is 22.5. The molecule has 0 atom stereocenters. The summed E-state index contributed by atoms with van der Waals surface area (Å²) in [5, 5.41) is 0. The first-order valence-electron chi connectivity index (χ1n) is 10.3. The molecule has 1 N–H and O–H groups in total. The van der Waals surface area contributed by atoms with E-state index in [9.17, 15) is 18.0 Å². The largest absolute Gasteiger partial charge is 0.467 e. The van der Waals surface area contributed by atoms with Crippen LogP contribution in [0.1, 0.15) is 39.5 Å². The minimum Gasteiger partial charge on any atom is -0.467 e. The van der Waals surface area contributed by atoms with Crippen molar-refractivity contribution in [2.75, 3.05) is 13.2 Å². The van der Waals surface area contributed by atoms with Crippen LogP contribution in [0.2, 0.25) is 0 Å². The number of hydrogen-bond acceptors (Lipinski definition) is 7. The molecule has 4 rings (SSSR count). The molecule has 0 bridgehead atoms. The van der Waals surface area contributed by atoms with Gasteiger partial charge in [0.25, 0.3) is 10.0 Å². The molecule has 0 amide bonds. The zero-order valence-corrected chi connectivity index (χ0v) is 19.0. The second-order valence-corrected chi connectivity index (χ2v) is 9.27. The number of hydrogen-bond donors (Lipinski definition) is 1. The van der Waals surface area contributed by atoms with Gasteiger partial charge in [-0.3, -0.25) is 19.3 Å². The Kier molecular flexibility index (Phi) is 6.19. The third-order valence-electron chi connectivity index (χ3n) is 5.38. The van der Waals surface area contributed by atoms with Gasteiger partial charge in [-0.05, 0) is 44.2 Å². The monoisotopic (exact) mass is 469 g/mol. The fourth-order valence-corrected chi connectivity index (χ4v) is 4.94. The summed E-state index contributed by atoms with van der Waals surface area (Å²) in [4.78, 5) is 29.0. The normalized spacial score (nSPS) is 15.3. The van der Waals surface area contributed by atoms with E-state index in [1.54, 1.807) is 36.6 Å². The van der Waals surface area contributed by atoms with Crippen LogP contribution in [0.3, 0.4) is 0 Å². The van der Waals surface area contributed by atoms with Crippen molar-refractivity contribution in [3.63, 3.8) is 0 Å². The fourth-order valence-electron chi connectivity index (χ4n) is 3.69. The number of Topliss-reactive ketones (excluding diaryl/α,β-unsaturated/α-hetero) is 1. The van der Waals surface area contributed by atoms with E-state index < -0.39 is 16.0 Å². The van der Waals surface area contributed by atoms with Crippen molar-refractivity contribution in [1.82, 2.24) is 9.29 Å². The molecule has 33 heavy (non-hydrogen) atoms. The first-order chi connectivity index (χ1) is 15.8. The lowest BCUT2D eigenvalue weighted by Crippen LogP contribution is -2.22. The summed E-state index contributed by atoms with van der Waals surface area (Å²) in [5.74, 6) is 0.0756. The van der Waals surface area contributed by atoms with Gasteiger partial charge in [-0.2, -0.15) is 0 Å². The summed E-state index contributed by atoms with van der Waals surface area (Å²) in [6, 6.07) is 11.9. The molecule has 10 heteroatoms. The van der Waals surface area contributed by atoms with Gasteiger partial charge in [-0.25, -0.2) is 8.42 Å². The molecule has 0 unspecified atom stereocenters. The number of sulfonamides is 1. The first-order valence-corrected chi connectivity index (χ1v) is 11.8. The quantitative estimate of drug-likeness (QED) is 0.400. The van der Waals surface area contributed by atoms with E-state index in [2.05, 4.69) is 9.71 Å². The van der Waals surface area contributed by atoms with Crippen LogP contribution in [0, 0.1) is 13.8 Å². The molecule has 0 fully saturated rings. The van der Waals surface area contributed by atoms with E-state index in [4.69, 9.17) is 9.15 Å². The zero-order chi connectivity index (χ0) is 23.6. The Morgan fingerprint density at radius 1 is 1.15 bits per heavy atom. The molecule has 3 aromatic rings. The zero-order valence-electron chi connectivity index (χ0n) is 18.2. The highest BCUT2D eigenvalue weighted by molar-refractivity contribution is 7.90. The molecule has 0 spiro atoms. The number of nitrogens with one attached hydrogen (secondary N) is 1. The highest BCUT2D eigenvalue weighted by atomic mass is 32.2. The molecule has 2 aromatic heterocycles. The third kappa shape index (κ3) is 4.75. The number of furan rings is 1. The van der Waals surface area contributed by atoms with Gasteiger partial charge in [0, 0.05) is 22.5 Å². The summed E-state index contributed by atoms with van der Waals surface area (Å²) in [6.07, 6.45) is 1.51. The number of aryl methyl sites for hydroxylation is 1. The Morgan fingerprint density at radius 2 is 1.94 bits per heavy atom. The van der Waals surface area contributed by atoms with Crippen LogP contribution in [0.25, 0.3) is 0 Å². The molecule has 3 heterocycles. The topological polar surface area (TPSA) is 120 Å². The van der Waals surface area contributed by atoms with Crippen molar-refractivity contribution < 1.29 is 27.2 Å². The van der Waals surface area contributed by atoms with Crippen LogP contribution >= 0.6 is 0 Å². The predicted octanol–water partition coefficient (Wildman–Crippen LogP) is 2.60. The maximum absolute atomic E-state index is 12.6. The van der Waals surface area contributed by atoms with E-state index in [0.717, 1.165) is 17.1 Å². The van der Waals surface area contributed by atoms with E-state index in [0.29, 0.717) is 17.7 Å². The second kappa shape index (κ2) is 9.07. The van der Waals surface area contributed by atoms with E-state index in [1.807, 2.05) is 24.5 Å². The van der Waals surface area contributed by atoms with E-state index in [-0.39, 0.29) is 36.1 Å². The average Bonchev–Trinajstić information content (AvgIpc) is 3.47. The van der Waals surface area contributed by atoms with Crippen LogP contribution < -0.4 is 4.72 Å². The second-order valence-electron chi connectivity index (χ2n) is 7.62. The molecule has 1 aliphatic heterocycles. The molecule has 0 aliphatic carbocycles. The molecule has 9 nitrogen and oxygen atoms in total. The number of benzene rings is 1. The Morgan fingerprint density at radius 3 is 2.70 bits per heavy atom. The SMILES string of the molecule is Cc1cc(C(=O)COC(=O)CCN=C2NS(=O)(=O)c3ccccc32)c(C)n1Cc1ccco1. The Balaban J connectivity index is 1.32. The van der Waals surface area contributed by atoms with Crippen LogP contribution in [-0.2, 0) is 26.1 Å². The number of ether oxygens (including phenoxy) is 1. The lowest BCUT2D eigenvalue weighted by Gasteiger charge is -2.08. The maximum Gasteiger partial charge on any atom is 0.308 e. The van der Waals surface area contributed by atoms with E-state index in [1.165, 1.54) is 6.07 Å². The molecule has 0 saturated carbocycles. The summed E-state index contributed by atoms with van der Waals surface area (Å²) >= 11 is 0. The Bertz CT molecular complexity index is 1340. The summed E-state index contributed by atoms with van der Waals surface area (Å²) in [7, 11) is -3.63. The van der Waals surface area contributed by atoms with Gasteiger partial charge in [-0.15, -0.1) is 0 Å². The number of carbonyl (C=O) groups excluding carboxylic acids is 2. The average molecular weight is 470 g/mol. The van der Waals surface area contributed by atoms with E-state index >= 15 is 0 Å². The summed E-state index contributed by atoms with van der Waals surface area (Å²) < 4.78 is 39.0. The molecular formula is C23H23N3O6S. The Labute approximate surface area is 191 Å². The number of aromatic nitrogens is 1. The van der Waals surface area contributed by atoms with Crippen molar-refractivity contribution in [3.05, 3.63) is 77.0 Å². The number of amidine groups is 1. The van der Waals surface area contributed by atoms with Crippen LogP contribution in [0.4, 0.5) is 0 Å². The van der Waals surface area contributed by atoms with Crippen molar-refractivity contribution in [2.24, 2.45) is 4.99 Å². The van der Waals surface area contributed by atoms with Gasteiger partial charge in [0.15, 0.2) is 6.61 Å². The number of ketones is 1. The number of esters is 1. The molecule has 0 saturated heterocycles. The molecule has 172 valence electrons. The summed E-state index contributed by atoms with van der Waals surface area (Å²) in [5.41, 5.74) is 2.62. The minimum absolute atomic E-state index is 0.0247. The predicted molar refractivity (Wildman–Crippen MR) is 120 cm³/mol. The van der Waals surface area contributed by atoms with Gasteiger partial charge in [0.2, 0.25) is 5.78 Å². The number of rotatable bonds is 8. The van der Waals surface area contributed by atoms with Gasteiger partial charge < -0.3 is 13.7 Å².